The van der Waals surface area contributed by atoms with Crippen LogP contribution in [0.4, 0.5) is 18.9 Å². The number of ether oxygens (including phenoxy) is 1. The Morgan fingerprint density at radius 2 is 2.00 bits per heavy atom. The Morgan fingerprint density at radius 1 is 1.33 bits per heavy atom. The third-order valence-corrected chi connectivity index (χ3v) is 2.34. The number of nitrogen functional groups attached to an aromatic ring is 1. The largest absolute Gasteiger partial charge is 0.411 e. The van der Waals surface area contributed by atoms with Gasteiger partial charge in [-0.1, -0.05) is 22.0 Å². The zero-order chi connectivity index (χ0) is 11.5. The van der Waals surface area contributed by atoms with E-state index in [1.807, 2.05) is 0 Å². The van der Waals surface area contributed by atoms with Crippen molar-refractivity contribution in [1.82, 2.24) is 0 Å². The molecule has 15 heavy (non-hydrogen) atoms. The van der Waals surface area contributed by atoms with Crippen molar-refractivity contribution in [3.63, 3.8) is 0 Å². The summed E-state index contributed by atoms with van der Waals surface area (Å²) in [7, 11) is 0. The Kier molecular flexibility index (Phi) is 3.98. The van der Waals surface area contributed by atoms with E-state index in [4.69, 9.17) is 5.73 Å². The van der Waals surface area contributed by atoms with Crippen LogP contribution in [0.3, 0.4) is 0 Å². The van der Waals surface area contributed by atoms with Crippen LogP contribution in [-0.2, 0) is 11.3 Å². The molecule has 84 valence electrons. The Bertz CT molecular complexity index is 341. The topological polar surface area (TPSA) is 35.2 Å². The molecule has 0 aliphatic heterocycles. The van der Waals surface area contributed by atoms with Gasteiger partial charge in [-0.15, -0.1) is 0 Å². The minimum Gasteiger partial charge on any atom is -0.399 e. The SMILES string of the molecule is Nc1ccc(COCC(F)(F)F)c(Br)c1. The Labute approximate surface area is 93.3 Å². The van der Waals surface area contributed by atoms with Gasteiger partial charge in [-0.2, -0.15) is 13.2 Å². The van der Waals surface area contributed by atoms with E-state index in [-0.39, 0.29) is 6.61 Å². The van der Waals surface area contributed by atoms with E-state index < -0.39 is 12.8 Å². The number of rotatable bonds is 3. The first-order chi connectivity index (χ1) is 6.88. The molecule has 0 saturated heterocycles. The zero-order valence-corrected chi connectivity index (χ0v) is 9.23. The normalized spacial score (nSPS) is 11.7. The molecule has 0 aromatic heterocycles. The second-order valence-electron chi connectivity index (χ2n) is 2.96. The molecular weight excluding hydrogens is 275 g/mol. The second kappa shape index (κ2) is 4.85. The van der Waals surface area contributed by atoms with Crippen LogP contribution in [0.2, 0.25) is 0 Å². The van der Waals surface area contributed by atoms with Gasteiger partial charge in [-0.05, 0) is 17.7 Å². The van der Waals surface area contributed by atoms with Crippen molar-refractivity contribution in [2.45, 2.75) is 12.8 Å². The highest BCUT2D eigenvalue weighted by molar-refractivity contribution is 9.10. The van der Waals surface area contributed by atoms with Gasteiger partial charge in [0.1, 0.15) is 6.61 Å². The van der Waals surface area contributed by atoms with Crippen molar-refractivity contribution in [3.05, 3.63) is 28.2 Å². The molecule has 0 spiro atoms. The first-order valence-corrected chi connectivity index (χ1v) is 4.86. The predicted molar refractivity (Wildman–Crippen MR) is 54.3 cm³/mol. The van der Waals surface area contributed by atoms with Crippen LogP contribution in [0.1, 0.15) is 5.56 Å². The monoisotopic (exact) mass is 283 g/mol. The average Bonchev–Trinajstić information content (AvgIpc) is 2.07. The third-order valence-electron chi connectivity index (χ3n) is 1.60. The van der Waals surface area contributed by atoms with E-state index in [0.717, 1.165) is 0 Å². The minimum atomic E-state index is -4.29. The molecule has 0 unspecified atom stereocenters. The zero-order valence-electron chi connectivity index (χ0n) is 7.64. The molecular formula is C9H9BrF3NO. The molecule has 0 bridgehead atoms. The highest BCUT2D eigenvalue weighted by Gasteiger charge is 2.27. The van der Waals surface area contributed by atoms with Gasteiger partial charge in [0.25, 0.3) is 0 Å². The van der Waals surface area contributed by atoms with Crippen molar-refractivity contribution >= 4 is 21.6 Å². The highest BCUT2D eigenvalue weighted by Crippen LogP contribution is 2.22. The fourth-order valence-electron chi connectivity index (χ4n) is 0.957. The first-order valence-electron chi connectivity index (χ1n) is 4.07. The number of nitrogens with two attached hydrogens (primary N) is 1. The summed E-state index contributed by atoms with van der Waals surface area (Å²) in [6, 6.07) is 4.85. The lowest BCUT2D eigenvalue weighted by atomic mass is 10.2. The standard InChI is InChI=1S/C9H9BrF3NO/c10-8-3-7(14)2-1-6(8)4-15-5-9(11,12)13/h1-3H,4-5,14H2. The Balaban J connectivity index is 2.51. The lowest BCUT2D eigenvalue weighted by molar-refractivity contribution is -0.176. The van der Waals surface area contributed by atoms with Crippen LogP contribution < -0.4 is 5.73 Å². The molecule has 0 fully saturated rings. The quantitative estimate of drug-likeness (QED) is 0.865. The van der Waals surface area contributed by atoms with E-state index in [2.05, 4.69) is 20.7 Å². The maximum Gasteiger partial charge on any atom is 0.411 e. The molecule has 0 heterocycles. The van der Waals surface area contributed by atoms with Crippen LogP contribution in [-0.4, -0.2) is 12.8 Å². The number of alkyl halides is 3. The van der Waals surface area contributed by atoms with Gasteiger partial charge < -0.3 is 10.5 Å². The summed E-state index contributed by atoms with van der Waals surface area (Å²) in [5.74, 6) is 0. The predicted octanol–water partition coefficient (Wildman–Crippen LogP) is 3.11. The van der Waals surface area contributed by atoms with Gasteiger partial charge in [-0.3, -0.25) is 0 Å². The number of halogens is 4. The van der Waals surface area contributed by atoms with Gasteiger partial charge in [0.15, 0.2) is 0 Å². The van der Waals surface area contributed by atoms with Crippen LogP contribution in [0, 0.1) is 0 Å². The summed E-state index contributed by atoms with van der Waals surface area (Å²) in [5.41, 5.74) is 6.65. The Morgan fingerprint density at radius 3 is 2.53 bits per heavy atom. The van der Waals surface area contributed by atoms with E-state index in [1.165, 1.54) is 0 Å². The van der Waals surface area contributed by atoms with Crippen molar-refractivity contribution in [2.75, 3.05) is 12.3 Å². The van der Waals surface area contributed by atoms with Crippen LogP contribution >= 0.6 is 15.9 Å². The van der Waals surface area contributed by atoms with E-state index in [1.54, 1.807) is 18.2 Å². The number of hydrogen-bond acceptors (Lipinski definition) is 2. The number of benzene rings is 1. The molecule has 0 saturated carbocycles. The van der Waals surface area contributed by atoms with E-state index in [9.17, 15) is 13.2 Å². The molecule has 1 rings (SSSR count). The minimum absolute atomic E-state index is 0.0969. The lowest BCUT2D eigenvalue weighted by Crippen LogP contribution is -2.16. The Hall–Kier alpha value is -0.750. The van der Waals surface area contributed by atoms with Crippen LogP contribution in [0.15, 0.2) is 22.7 Å². The van der Waals surface area contributed by atoms with Crippen molar-refractivity contribution in [3.8, 4) is 0 Å². The highest BCUT2D eigenvalue weighted by atomic mass is 79.9. The summed E-state index contributed by atoms with van der Waals surface area (Å²) >= 11 is 3.19. The molecule has 0 radical (unpaired) electrons. The molecule has 6 heteroatoms. The maximum atomic E-state index is 11.8. The summed E-state index contributed by atoms with van der Waals surface area (Å²) < 4.78 is 40.5. The number of hydrogen-bond donors (Lipinski definition) is 1. The molecule has 0 aliphatic rings. The molecule has 2 nitrogen and oxygen atoms in total. The molecule has 0 amide bonds. The molecule has 0 atom stereocenters. The molecule has 2 N–H and O–H groups in total. The summed E-state index contributed by atoms with van der Waals surface area (Å²) in [6.07, 6.45) is -4.29. The fraction of sp³-hybridized carbons (Fsp3) is 0.333. The molecule has 0 aliphatic carbocycles. The van der Waals surface area contributed by atoms with Gasteiger partial charge in [0.2, 0.25) is 0 Å². The summed E-state index contributed by atoms with van der Waals surface area (Å²) in [4.78, 5) is 0. The molecule has 1 aromatic rings. The second-order valence-corrected chi connectivity index (χ2v) is 3.81. The fourth-order valence-corrected chi connectivity index (χ4v) is 1.47. The van der Waals surface area contributed by atoms with Crippen LogP contribution in [0.25, 0.3) is 0 Å². The van der Waals surface area contributed by atoms with Gasteiger partial charge >= 0.3 is 6.18 Å². The van der Waals surface area contributed by atoms with E-state index in [0.29, 0.717) is 15.7 Å². The van der Waals surface area contributed by atoms with Gasteiger partial charge in [0, 0.05) is 10.2 Å². The summed E-state index contributed by atoms with van der Waals surface area (Å²) in [5, 5.41) is 0. The number of anilines is 1. The van der Waals surface area contributed by atoms with E-state index >= 15 is 0 Å². The summed E-state index contributed by atoms with van der Waals surface area (Å²) in [6.45, 7) is -1.34. The van der Waals surface area contributed by atoms with Gasteiger partial charge in [0.05, 0.1) is 6.61 Å². The van der Waals surface area contributed by atoms with Crippen molar-refractivity contribution in [1.29, 1.82) is 0 Å². The van der Waals surface area contributed by atoms with Crippen molar-refractivity contribution < 1.29 is 17.9 Å². The maximum absolute atomic E-state index is 11.8. The first kappa shape index (κ1) is 12.3. The van der Waals surface area contributed by atoms with Gasteiger partial charge in [-0.25, -0.2) is 0 Å². The molecule has 1 aromatic carbocycles. The van der Waals surface area contributed by atoms with Crippen molar-refractivity contribution in [2.24, 2.45) is 0 Å². The third kappa shape index (κ3) is 4.53. The average molecular weight is 284 g/mol. The lowest BCUT2D eigenvalue weighted by Gasteiger charge is -2.09. The smallest absolute Gasteiger partial charge is 0.399 e. The van der Waals surface area contributed by atoms with Crippen LogP contribution in [0.5, 0.6) is 0 Å².